The van der Waals surface area contributed by atoms with Gasteiger partial charge in [-0.25, -0.2) is 9.48 Å². The number of carbonyl (C=O) groups is 2. The second-order valence-electron chi connectivity index (χ2n) is 5.98. The van der Waals surface area contributed by atoms with Crippen LogP contribution in [0.3, 0.4) is 0 Å². The van der Waals surface area contributed by atoms with Crippen LogP contribution in [-0.4, -0.2) is 21.7 Å². The van der Waals surface area contributed by atoms with E-state index in [0.29, 0.717) is 22.1 Å². The molecule has 0 atom stereocenters. The van der Waals surface area contributed by atoms with Crippen molar-refractivity contribution >= 4 is 29.2 Å². The van der Waals surface area contributed by atoms with Crippen LogP contribution in [0, 0.1) is 6.92 Å². The van der Waals surface area contributed by atoms with Crippen molar-refractivity contribution in [2.75, 3.05) is 5.32 Å². The molecule has 1 heterocycles. The van der Waals surface area contributed by atoms with Crippen LogP contribution in [0.2, 0.25) is 5.02 Å². The van der Waals surface area contributed by atoms with E-state index in [9.17, 15) is 14.4 Å². The molecule has 8 heteroatoms. The maximum atomic E-state index is 12.5. The number of anilines is 1. The molecule has 0 radical (unpaired) electrons. The van der Waals surface area contributed by atoms with Gasteiger partial charge in [0.2, 0.25) is 17.0 Å². The van der Waals surface area contributed by atoms with Crippen LogP contribution < -0.4 is 15.5 Å². The molecule has 0 saturated heterocycles. The van der Waals surface area contributed by atoms with Gasteiger partial charge in [-0.2, -0.15) is 5.10 Å². The zero-order valence-electron chi connectivity index (χ0n) is 15.1. The molecule has 0 fully saturated rings. The Kier molecular flexibility index (Phi) is 5.56. The van der Waals surface area contributed by atoms with Gasteiger partial charge in [0, 0.05) is 29.4 Å². The molecule has 0 saturated carbocycles. The topological polar surface area (TPSA) is 90.3 Å². The highest BCUT2D eigenvalue weighted by molar-refractivity contribution is 6.30. The monoisotopic (exact) mass is 397 g/mol. The van der Waals surface area contributed by atoms with Gasteiger partial charge < -0.3 is 10.1 Å². The van der Waals surface area contributed by atoms with Crippen LogP contribution in [0.4, 0.5) is 5.69 Å². The highest BCUT2D eigenvalue weighted by Gasteiger charge is 2.17. The summed E-state index contributed by atoms with van der Waals surface area (Å²) < 4.78 is 6.71. The van der Waals surface area contributed by atoms with Gasteiger partial charge in [0.05, 0.1) is 5.69 Å². The first kappa shape index (κ1) is 19.3. The Bertz CT molecular complexity index is 1090. The van der Waals surface area contributed by atoms with E-state index < -0.39 is 11.4 Å². The van der Waals surface area contributed by atoms with E-state index in [1.165, 1.54) is 29.8 Å². The smallest absolute Gasteiger partial charge is 0.368 e. The Balaban J connectivity index is 1.87. The Labute approximate surface area is 165 Å². The van der Waals surface area contributed by atoms with Gasteiger partial charge >= 0.3 is 5.97 Å². The van der Waals surface area contributed by atoms with Crippen LogP contribution in [0.25, 0.3) is 5.69 Å². The van der Waals surface area contributed by atoms with Crippen molar-refractivity contribution in [2.24, 2.45) is 0 Å². The van der Waals surface area contributed by atoms with Crippen LogP contribution in [0.15, 0.2) is 59.4 Å². The minimum Gasteiger partial charge on any atom is -0.422 e. The Hall–Kier alpha value is -3.45. The van der Waals surface area contributed by atoms with Crippen LogP contribution in [-0.2, 0) is 4.79 Å². The summed E-state index contributed by atoms with van der Waals surface area (Å²) in [6.07, 6.45) is 0. The van der Waals surface area contributed by atoms with E-state index in [1.54, 1.807) is 43.3 Å². The van der Waals surface area contributed by atoms with Crippen molar-refractivity contribution in [1.82, 2.24) is 9.78 Å². The number of esters is 1. The lowest BCUT2D eigenvalue weighted by Crippen LogP contribution is -2.25. The fraction of sp³-hybridized carbons (Fsp3) is 0.100. The first-order chi connectivity index (χ1) is 13.3. The first-order valence-electron chi connectivity index (χ1n) is 8.30. The molecule has 0 spiro atoms. The van der Waals surface area contributed by atoms with Gasteiger partial charge in [-0.1, -0.05) is 11.6 Å². The average molecular weight is 398 g/mol. The molecule has 7 nitrogen and oxygen atoms in total. The number of carbonyl (C=O) groups excluding carboxylic acids is 2. The summed E-state index contributed by atoms with van der Waals surface area (Å²) >= 11 is 5.90. The zero-order chi connectivity index (χ0) is 20.3. The number of aromatic nitrogens is 2. The zero-order valence-corrected chi connectivity index (χ0v) is 15.9. The van der Waals surface area contributed by atoms with Crippen molar-refractivity contribution in [3.63, 3.8) is 0 Å². The summed E-state index contributed by atoms with van der Waals surface area (Å²) in [5, 5.41) is 7.32. The second-order valence-corrected chi connectivity index (χ2v) is 6.42. The molecular formula is C20H16ClN3O4. The molecule has 3 rings (SSSR count). The summed E-state index contributed by atoms with van der Waals surface area (Å²) in [6, 6.07) is 14.3. The Morgan fingerprint density at radius 1 is 1.07 bits per heavy atom. The molecule has 142 valence electrons. The number of hydrogen-bond acceptors (Lipinski definition) is 5. The number of ether oxygens (including phenoxy) is 1. The summed E-state index contributed by atoms with van der Waals surface area (Å²) in [6.45, 7) is 3.10. The number of amides is 1. The fourth-order valence-corrected chi connectivity index (χ4v) is 2.62. The van der Waals surface area contributed by atoms with Gasteiger partial charge in [0.1, 0.15) is 5.75 Å². The third kappa shape index (κ3) is 4.44. The van der Waals surface area contributed by atoms with Gasteiger partial charge in [-0.05, 0) is 55.5 Å². The quantitative estimate of drug-likeness (QED) is 0.538. The minimum atomic E-state index is -0.875. The number of rotatable bonds is 4. The number of halogens is 1. The predicted molar refractivity (Wildman–Crippen MR) is 105 cm³/mol. The number of nitrogens with zero attached hydrogens (tertiary/aromatic N) is 2. The molecule has 1 amide bonds. The SMILES string of the molecule is CC(=O)Nc1ccc(OC(=O)c2nn(-c3ccc(Cl)cc3)c(C)cc2=O)cc1. The first-order valence-corrected chi connectivity index (χ1v) is 8.68. The van der Waals surface area contributed by atoms with Gasteiger partial charge in [0.25, 0.3) is 0 Å². The van der Waals surface area contributed by atoms with Crippen molar-refractivity contribution in [2.45, 2.75) is 13.8 Å². The number of benzene rings is 2. The minimum absolute atomic E-state index is 0.212. The van der Waals surface area contributed by atoms with Crippen LogP contribution >= 0.6 is 11.6 Å². The molecule has 1 N–H and O–H groups in total. The second kappa shape index (κ2) is 8.06. The molecule has 0 aliphatic rings. The van der Waals surface area contributed by atoms with Gasteiger partial charge in [-0.15, -0.1) is 0 Å². The van der Waals surface area contributed by atoms with Gasteiger partial charge in [0.15, 0.2) is 0 Å². The summed E-state index contributed by atoms with van der Waals surface area (Å²) in [7, 11) is 0. The maximum absolute atomic E-state index is 12.5. The molecule has 0 aliphatic carbocycles. The molecule has 1 aromatic heterocycles. The Morgan fingerprint density at radius 2 is 1.71 bits per heavy atom. The van der Waals surface area contributed by atoms with Gasteiger partial charge in [-0.3, -0.25) is 9.59 Å². The normalized spacial score (nSPS) is 10.4. The van der Waals surface area contributed by atoms with Crippen LogP contribution in [0.1, 0.15) is 23.1 Å². The van der Waals surface area contributed by atoms with Crippen molar-refractivity contribution < 1.29 is 14.3 Å². The average Bonchev–Trinajstić information content (AvgIpc) is 2.64. The van der Waals surface area contributed by atoms with Crippen LogP contribution in [0.5, 0.6) is 5.75 Å². The molecular weight excluding hydrogens is 382 g/mol. The summed E-state index contributed by atoms with van der Waals surface area (Å²) in [5.41, 5.74) is 0.888. The lowest BCUT2D eigenvalue weighted by molar-refractivity contribution is -0.114. The highest BCUT2D eigenvalue weighted by atomic mass is 35.5. The standard InChI is InChI=1S/C20H16ClN3O4/c1-12-11-18(26)19(23-24(12)16-7-3-14(21)4-8-16)20(27)28-17-9-5-15(6-10-17)22-13(2)25/h3-11H,1-2H3,(H,22,25). The third-order valence-corrected chi connectivity index (χ3v) is 4.01. The molecule has 28 heavy (non-hydrogen) atoms. The van der Waals surface area contributed by atoms with E-state index in [1.807, 2.05) is 0 Å². The van der Waals surface area contributed by atoms with Crippen molar-refractivity contribution in [3.05, 3.63) is 81.2 Å². The highest BCUT2D eigenvalue weighted by Crippen LogP contribution is 2.17. The van der Waals surface area contributed by atoms with E-state index in [2.05, 4.69) is 10.4 Å². The maximum Gasteiger partial charge on any atom is 0.368 e. The van der Waals surface area contributed by atoms with E-state index in [-0.39, 0.29) is 17.4 Å². The Morgan fingerprint density at radius 3 is 2.32 bits per heavy atom. The molecule has 0 aliphatic heterocycles. The number of hydrogen-bond donors (Lipinski definition) is 1. The summed E-state index contributed by atoms with van der Waals surface area (Å²) in [5.74, 6) is -0.865. The van der Waals surface area contributed by atoms with E-state index >= 15 is 0 Å². The molecule has 0 unspecified atom stereocenters. The third-order valence-electron chi connectivity index (χ3n) is 3.76. The molecule has 3 aromatic rings. The lowest BCUT2D eigenvalue weighted by Gasteiger charge is -2.11. The molecule has 2 aromatic carbocycles. The summed E-state index contributed by atoms with van der Waals surface area (Å²) in [4.78, 5) is 35.7. The lowest BCUT2D eigenvalue weighted by atomic mass is 10.2. The molecule has 0 bridgehead atoms. The largest absolute Gasteiger partial charge is 0.422 e. The number of aryl methyl sites for hydroxylation is 1. The fourth-order valence-electron chi connectivity index (χ4n) is 2.50. The van der Waals surface area contributed by atoms with Crippen molar-refractivity contribution in [1.29, 1.82) is 0 Å². The number of nitrogens with one attached hydrogen (secondary N) is 1. The van der Waals surface area contributed by atoms with Crippen molar-refractivity contribution in [3.8, 4) is 11.4 Å². The van der Waals surface area contributed by atoms with E-state index in [4.69, 9.17) is 16.3 Å². The predicted octanol–water partition coefficient (Wildman–Crippen LogP) is 3.37. The van der Waals surface area contributed by atoms with E-state index in [0.717, 1.165) is 0 Å².